The van der Waals surface area contributed by atoms with Crippen LogP contribution in [0, 0.1) is 10.8 Å². The van der Waals surface area contributed by atoms with Crippen LogP contribution in [0.3, 0.4) is 0 Å². The van der Waals surface area contributed by atoms with Crippen molar-refractivity contribution < 1.29 is 4.46 Å². The predicted octanol–water partition coefficient (Wildman–Crippen LogP) is 3.50. The van der Waals surface area contributed by atoms with Crippen LogP contribution in [-0.4, -0.2) is 8.68 Å². The fourth-order valence-electron chi connectivity index (χ4n) is 0.883. The van der Waals surface area contributed by atoms with E-state index in [-0.39, 0.29) is 10.8 Å². The Labute approximate surface area is 78.2 Å². The van der Waals surface area contributed by atoms with E-state index in [1.807, 2.05) is 6.92 Å². The third kappa shape index (κ3) is 3.17. The Bertz CT molecular complexity index is 165. The summed E-state index contributed by atoms with van der Waals surface area (Å²) in [5, 5.41) is 0. The maximum Gasteiger partial charge on any atom is 0.276 e. The van der Waals surface area contributed by atoms with Gasteiger partial charge < -0.3 is 4.46 Å². The molecule has 12 heavy (non-hydrogen) atoms. The second-order valence-electron chi connectivity index (χ2n) is 5.20. The fraction of sp³-hybridized carbons (Fsp3) is 1.00. The molecule has 1 nitrogen and oxygen atoms in total. The van der Waals surface area contributed by atoms with Gasteiger partial charge in [0, 0.05) is 0 Å². The molecule has 0 N–H and O–H groups in total. The Kier molecular flexibility index (Phi) is 3.82. The first-order valence-electron chi connectivity index (χ1n) is 4.72. The lowest BCUT2D eigenvalue weighted by Crippen LogP contribution is -2.31. The highest BCUT2D eigenvalue weighted by atomic mass is 28.3. The quantitative estimate of drug-likeness (QED) is 0.617. The lowest BCUT2D eigenvalue weighted by molar-refractivity contribution is 0.154. The van der Waals surface area contributed by atoms with Gasteiger partial charge in [0.15, 0.2) is 0 Å². The van der Waals surface area contributed by atoms with Gasteiger partial charge in [0.1, 0.15) is 0 Å². The van der Waals surface area contributed by atoms with Gasteiger partial charge in [0.05, 0.1) is 0 Å². The normalized spacial score (nSPS) is 13.2. The van der Waals surface area contributed by atoms with E-state index in [2.05, 4.69) is 34.6 Å². The molecular formula is C10H22OSi. The van der Waals surface area contributed by atoms with Crippen LogP contribution in [0.5, 0.6) is 0 Å². The average Bonchev–Trinajstić information content (AvgIpc) is 1.84. The van der Waals surface area contributed by atoms with Crippen LogP contribution in [0.4, 0.5) is 0 Å². The van der Waals surface area contributed by atoms with Crippen molar-refractivity contribution >= 4 is 8.68 Å². The van der Waals surface area contributed by atoms with Gasteiger partial charge in [-0.25, -0.2) is 0 Å². The summed E-state index contributed by atoms with van der Waals surface area (Å²) in [5.74, 6) is 0. The molecule has 0 saturated carbocycles. The molecule has 0 rings (SSSR count). The highest BCUT2D eigenvalue weighted by Gasteiger charge is 2.34. The van der Waals surface area contributed by atoms with Crippen molar-refractivity contribution in [1.29, 1.82) is 0 Å². The van der Waals surface area contributed by atoms with Crippen LogP contribution in [0.25, 0.3) is 0 Å². The van der Waals surface area contributed by atoms with Gasteiger partial charge in [-0.2, -0.15) is 0 Å². The number of rotatable bonds is 3. The first kappa shape index (κ1) is 12.0. The van der Waals surface area contributed by atoms with Crippen molar-refractivity contribution in [2.45, 2.75) is 53.6 Å². The van der Waals surface area contributed by atoms with E-state index < -0.39 is 8.68 Å². The molecule has 0 spiro atoms. The molecule has 2 heteroatoms. The van der Waals surface area contributed by atoms with Gasteiger partial charge in [-0.05, 0) is 22.9 Å². The molecule has 0 aliphatic rings. The van der Waals surface area contributed by atoms with E-state index in [0.717, 1.165) is 12.1 Å². The third-order valence-electron chi connectivity index (χ3n) is 3.06. The van der Waals surface area contributed by atoms with Crippen LogP contribution in [0.1, 0.15) is 41.5 Å². The minimum absolute atomic E-state index is 0.194. The maximum atomic E-state index is 11.5. The summed E-state index contributed by atoms with van der Waals surface area (Å²) in [6.45, 7) is 13.1. The van der Waals surface area contributed by atoms with Crippen molar-refractivity contribution in [2.75, 3.05) is 0 Å². The number of hydrogen-bond acceptors (Lipinski definition) is 1. The zero-order valence-electron chi connectivity index (χ0n) is 9.32. The Balaban J connectivity index is 4.33. The second kappa shape index (κ2) is 3.82. The molecule has 0 radical (unpaired) electrons. The first-order valence-corrected chi connectivity index (χ1v) is 6.54. The maximum absolute atomic E-state index is 11.5. The first-order chi connectivity index (χ1) is 5.20. The second-order valence-corrected chi connectivity index (χ2v) is 7.34. The van der Waals surface area contributed by atoms with Gasteiger partial charge in [0.2, 0.25) is 0 Å². The lowest BCUT2D eigenvalue weighted by Gasteiger charge is -2.38. The highest BCUT2D eigenvalue weighted by Crippen LogP contribution is 2.41. The average molecular weight is 186 g/mol. The summed E-state index contributed by atoms with van der Waals surface area (Å²) in [6.07, 6.45) is 0. The van der Waals surface area contributed by atoms with Crippen molar-refractivity contribution in [2.24, 2.45) is 10.8 Å². The standard InChI is InChI=1S/C10H22OSi/c1-7-12(11)8-10(5,6)9(2,3)4/h7-8H2,1-6H3. The largest absolute Gasteiger partial charge is 0.388 e. The Hall–Kier alpha value is 0.0169. The topological polar surface area (TPSA) is 17.1 Å². The van der Waals surface area contributed by atoms with Crippen molar-refractivity contribution in [3.8, 4) is 0 Å². The molecule has 0 aromatic carbocycles. The molecule has 0 aromatic rings. The van der Waals surface area contributed by atoms with Gasteiger partial charge >= 0.3 is 0 Å². The van der Waals surface area contributed by atoms with Crippen LogP contribution >= 0.6 is 0 Å². The molecule has 0 atom stereocenters. The van der Waals surface area contributed by atoms with E-state index in [0.29, 0.717) is 0 Å². The van der Waals surface area contributed by atoms with E-state index in [4.69, 9.17) is 0 Å². The van der Waals surface area contributed by atoms with Gasteiger partial charge in [0.25, 0.3) is 8.68 Å². The van der Waals surface area contributed by atoms with E-state index >= 15 is 0 Å². The minimum Gasteiger partial charge on any atom is -0.388 e. The Morgan fingerprint density at radius 1 is 1.08 bits per heavy atom. The molecule has 72 valence electrons. The van der Waals surface area contributed by atoms with Crippen molar-refractivity contribution in [3.05, 3.63) is 0 Å². The molecular weight excluding hydrogens is 164 g/mol. The molecule has 0 saturated heterocycles. The van der Waals surface area contributed by atoms with Crippen molar-refractivity contribution in [1.82, 2.24) is 0 Å². The van der Waals surface area contributed by atoms with E-state index in [9.17, 15) is 4.46 Å². The SMILES string of the molecule is CC[Si](=O)CC(C)(C)C(C)(C)C. The Morgan fingerprint density at radius 3 is 1.75 bits per heavy atom. The summed E-state index contributed by atoms with van der Waals surface area (Å²) >= 11 is 0. The summed E-state index contributed by atoms with van der Waals surface area (Å²) in [5.41, 5.74) is 0.446. The summed E-state index contributed by atoms with van der Waals surface area (Å²) in [6, 6.07) is 1.74. The lowest BCUT2D eigenvalue weighted by atomic mass is 9.71. The molecule has 0 aliphatic carbocycles. The smallest absolute Gasteiger partial charge is 0.276 e. The van der Waals surface area contributed by atoms with Gasteiger partial charge in [-0.15, -0.1) is 0 Å². The summed E-state index contributed by atoms with van der Waals surface area (Å²) in [7, 11) is -1.32. The molecule has 0 aliphatic heterocycles. The number of hydrogen-bond donors (Lipinski definition) is 0. The minimum atomic E-state index is -1.32. The van der Waals surface area contributed by atoms with E-state index in [1.54, 1.807) is 0 Å². The van der Waals surface area contributed by atoms with Crippen LogP contribution < -0.4 is 0 Å². The molecule has 0 bridgehead atoms. The molecule has 0 aromatic heterocycles. The molecule has 0 unspecified atom stereocenters. The van der Waals surface area contributed by atoms with Crippen LogP contribution in [-0.2, 0) is 4.46 Å². The fourth-order valence-corrected chi connectivity index (χ4v) is 2.65. The molecule has 0 heterocycles. The predicted molar refractivity (Wildman–Crippen MR) is 55.0 cm³/mol. The zero-order chi connectivity index (χ0) is 9.99. The van der Waals surface area contributed by atoms with E-state index in [1.165, 1.54) is 0 Å². The summed E-state index contributed by atoms with van der Waals surface area (Å²) < 4.78 is 11.5. The van der Waals surface area contributed by atoms with Gasteiger partial charge in [-0.1, -0.05) is 41.5 Å². The van der Waals surface area contributed by atoms with Crippen LogP contribution in [0.2, 0.25) is 12.1 Å². The Morgan fingerprint density at radius 2 is 1.50 bits per heavy atom. The van der Waals surface area contributed by atoms with Crippen LogP contribution in [0.15, 0.2) is 0 Å². The monoisotopic (exact) mass is 186 g/mol. The van der Waals surface area contributed by atoms with Gasteiger partial charge in [-0.3, -0.25) is 0 Å². The molecule has 0 amide bonds. The summed E-state index contributed by atoms with van der Waals surface area (Å²) in [4.78, 5) is 0. The zero-order valence-corrected chi connectivity index (χ0v) is 10.3. The highest BCUT2D eigenvalue weighted by molar-refractivity contribution is 6.42. The van der Waals surface area contributed by atoms with Crippen molar-refractivity contribution in [3.63, 3.8) is 0 Å². The third-order valence-corrected chi connectivity index (χ3v) is 5.13. The molecule has 0 fully saturated rings.